The fraction of sp³-hybridized carbons (Fsp3) is 0.311. The summed E-state index contributed by atoms with van der Waals surface area (Å²) in [5.41, 5.74) is 5.68. The summed E-state index contributed by atoms with van der Waals surface area (Å²) < 4.78 is 88.2. The molecule has 23 nitrogen and oxygen atoms in total. The molecule has 0 radical (unpaired) electrons. The van der Waals surface area contributed by atoms with Gasteiger partial charge < -0.3 is 33.5 Å². The van der Waals surface area contributed by atoms with Gasteiger partial charge in [0.15, 0.2) is 0 Å². The van der Waals surface area contributed by atoms with Gasteiger partial charge in [-0.1, -0.05) is 48.0 Å². The first-order valence-electron chi connectivity index (χ1n) is 27.9. The summed E-state index contributed by atoms with van der Waals surface area (Å²) in [5.74, 6) is 0.915. The summed E-state index contributed by atoms with van der Waals surface area (Å²) in [6.07, 6.45) is 2.34. The molecule has 5 aromatic carbocycles. The van der Waals surface area contributed by atoms with E-state index in [1.54, 1.807) is 91.9 Å². The van der Waals surface area contributed by atoms with Crippen molar-refractivity contribution >= 4 is 88.4 Å². The maximum Gasteiger partial charge on any atom is 0.354 e. The van der Waals surface area contributed by atoms with E-state index in [0.29, 0.717) is 90.6 Å². The maximum absolute atomic E-state index is 14.8. The van der Waals surface area contributed by atoms with Crippen molar-refractivity contribution < 1.29 is 50.6 Å². The molecular formula is C61H66ClN11O12S3. The van der Waals surface area contributed by atoms with Gasteiger partial charge in [-0.05, 0) is 96.8 Å². The smallest absolute Gasteiger partial charge is 0.354 e. The zero-order valence-corrected chi connectivity index (χ0v) is 52.7. The largest absolute Gasteiger partial charge is 0.497 e. The molecule has 0 amide bonds. The Morgan fingerprint density at radius 2 is 1.59 bits per heavy atom. The molecule has 10 rings (SSSR count). The number of halogens is 1. The van der Waals surface area contributed by atoms with Gasteiger partial charge in [0.25, 0.3) is 15.9 Å². The van der Waals surface area contributed by atoms with Gasteiger partial charge >= 0.3 is 5.97 Å². The number of para-hydroxylation sites is 1. The summed E-state index contributed by atoms with van der Waals surface area (Å²) in [5, 5.41) is 34.2. The number of benzene rings is 5. The van der Waals surface area contributed by atoms with E-state index in [9.17, 15) is 36.9 Å². The molecule has 1 aliphatic rings. The number of aromatic nitrogens is 6. The Morgan fingerprint density at radius 1 is 0.852 bits per heavy atom. The van der Waals surface area contributed by atoms with Crippen LogP contribution in [0.3, 0.4) is 0 Å². The number of nitrogens with one attached hydrogen (secondary N) is 1. The van der Waals surface area contributed by atoms with Crippen LogP contribution in [-0.4, -0.2) is 132 Å². The van der Waals surface area contributed by atoms with Crippen LogP contribution in [0, 0.1) is 10.1 Å². The van der Waals surface area contributed by atoms with E-state index in [1.807, 2.05) is 66.7 Å². The highest BCUT2D eigenvalue weighted by atomic mass is 35.5. The second kappa shape index (κ2) is 26.6. The lowest BCUT2D eigenvalue weighted by Gasteiger charge is -2.36. The van der Waals surface area contributed by atoms with Crippen LogP contribution in [0.15, 0.2) is 120 Å². The third-order valence-corrected chi connectivity index (χ3v) is 19.8. The number of ether oxygens (including phenoxy) is 4. The number of nitro benzene ring substituents is 1. The number of hydrogen-bond acceptors (Lipinski definition) is 17. The van der Waals surface area contributed by atoms with Crippen LogP contribution >= 0.6 is 23.4 Å². The fourth-order valence-electron chi connectivity index (χ4n) is 11.0. The summed E-state index contributed by atoms with van der Waals surface area (Å²) in [6, 6.07) is 32.5. The molecule has 0 aliphatic carbocycles. The monoisotopic (exact) mass is 1280 g/mol. The molecular weight excluding hydrogens is 1210 g/mol. The van der Waals surface area contributed by atoms with Crippen molar-refractivity contribution in [2.75, 3.05) is 70.7 Å². The molecule has 9 aromatic rings. The Balaban J connectivity index is 0.917. The molecule has 27 heteroatoms. The van der Waals surface area contributed by atoms with Gasteiger partial charge in [0, 0.05) is 130 Å². The number of sulfonamides is 1. The second-order valence-electron chi connectivity index (χ2n) is 21.2. The molecule has 0 atom stereocenters. The van der Waals surface area contributed by atoms with Gasteiger partial charge in [-0.2, -0.15) is 27.2 Å². The van der Waals surface area contributed by atoms with Crippen LogP contribution in [0.1, 0.15) is 56.4 Å². The van der Waals surface area contributed by atoms with Gasteiger partial charge in [0.05, 0.1) is 41.1 Å². The van der Waals surface area contributed by atoms with Crippen LogP contribution < -0.4 is 23.8 Å². The number of esters is 1. The number of fused-ring (bicyclic) bond motifs is 2. The van der Waals surface area contributed by atoms with Crippen molar-refractivity contribution in [3.8, 4) is 28.4 Å². The SMILES string of the molecule is COC(=O)c1c(CCCO)c2ccc(Cl)c(-c3c(COc4ccc(N5CCN(S(=O)(=O)N(C)C)CC5)cc4)nn(C)c3CS(=O)(=O)Nc3cccc(Cc4cc(CSc5cc(OCc6ccc(OC)cc6)c6ncccc6c5)n(C)n4)c3[N+](=O)[O-])c2n1C. The summed E-state index contributed by atoms with van der Waals surface area (Å²) in [4.78, 5) is 33.6. The van der Waals surface area contributed by atoms with E-state index < -0.39 is 42.6 Å². The highest BCUT2D eigenvalue weighted by Crippen LogP contribution is 2.44. The first-order chi connectivity index (χ1) is 42.2. The van der Waals surface area contributed by atoms with E-state index in [-0.39, 0.29) is 58.6 Å². The number of aliphatic hydroxyl groups excluding tert-OH is 1. The van der Waals surface area contributed by atoms with E-state index >= 15 is 0 Å². The minimum Gasteiger partial charge on any atom is -0.497 e. The van der Waals surface area contributed by atoms with E-state index in [0.717, 1.165) is 38.5 Å². The van der Waals surface area contributed by atoms with E-state index in [2.05, 4.69) is 14.6 Å². The van der Waals surface area contributed by atoms with E-state index in [4.69, 9.17) is 40.7 Å². The van der Waals surface area contributed by atoms with Crippen molar-refractivity contribution in [1.82, 2.24) is 37.7 Å². The van der Waals surface area contributed by atoms with Crippen LogP contribution in [-0.2, 0) is 83.7 Å². The number of carbonyl (C=O) groups is 1. The molecule has 0 spiro atoms. The Labute approximate surface area is 518 Å². The molecule has 1 aliphatic heterocycles. The number of thioether (sulfide) groups is 1. The van der Waals surface area contributed by atoms with Crippen LogP contribution in [0.25, 0.3) is 32.9 Å². The van der Waals surface area contributed by atoms with Crippen molar-refractivity contribution in [3.05, 3.63) is 176 Å². The van der Waals surface area contributed by atoms with Crippen LogP contribution in [0.4, 0.5) is 17.1 Å². The molecule has 88 heavy (non-hydrogen) atoms. The zero-order valence-electron chi connectivity index (χ0n) is 49.5. The summed E-state index contributed by atoms with van der Waals surface area (Å²) in [7, 11) is 2.83. The molecule has 0 unspecified atom stereocenters. The lowest BCUT2D eigenvalue weighted by Crippen LogP contribution is -2.51. The molecule has 462 valence electrons. The molecule has 0 bridgehead atoms. The average molecular weight is 1280 g/mol. The number of methoxy groups -OCH3 is 2. The van der Waals surface area contributed by atoms with Crippen LogP contribution in [0.2, 0.25) is 5.02 Å². The number of pyridine rings is 1. The Bertz CT molecular complexity index is 4300. The standard InChI is InChI=1S/C61H66ClN11O12S3/c1-67(2)88(80,81)72-28-26-71(27-29-72)43-17-21-46(22-18-43)84-36-52-56(55-50(62)24-23-49-48(13-10-30-74)60(61(75)83-7)68(3)59(49)55)53(70(5)65-52)38-87(78,79)66-51-14-8-11-41(58(51)73(76)77)31-42-33-44(69(4)64-42)37-86-47-32-40-12-9-25-63-57(40)54(34-47)85-35-39-15-19-45(82-6)20-16-39/h8-9,11-12,14-25,32-34,66,74H,10,13,26-31,35-38H2,1-7H3. The van der Waals surface area contributed by atoms with E-state index in [1.165, 1.54) is 40.6 Å². The number of nitro groups is 1. The third kappa shape index (κ3) is 13.4. The zero-order chi connectivity index (χ0) is 62.6. The summed E-state index contributed by atoms with van der Waals surface area (Å²) in [6.45, 7) is 1.54. The fourth-order valence-corrected chi connectivity index (χ4v) is 14.5. The number of rotatable bonds is 25. The molecule has 4 aromatic heterocycles. The first-order valence-corrected chi connectivity index (χ1v) is 32.3. The normalized spacial score (nSPS) is 13.2. The Kier molecular flexibility index (Phi) is 19.0. The number of carbonyl (C=O) groups excluding carboxylic acids is 1. The lowest BCUT2D eigenvalue weighted by molar-refractivity contribution is -0.384. The van der Waals surface area contributed by atoms with Crippen molar-refractivity contribution in [3.63, 3.8) is 0 Å². The first kappa shape index (κ1) is 62.8. The number of anilines is 2. The minimum absolute atomic E-state index is 0.000837. The van der Waals surface area contributed by atoms with Crippen LogP contribution in [0.5, 0.6) is 17.2 Å². The predicted molar refractivity (Wildman–Crippen MR) is 338 cm³/mol. The van der Waals surface area contributed by atoms with Crippen molar-refractivity contribution in [2.45, 2.75) is 48.9 Å². The highest BCUT2D eigenvalue weighted by molar-refractivity contribution is 7.98. The second-order valence-corrected chi connectivity index (χ2v) is 26.5. The quantitative estimate of drug-likeness (QED) is 0.0234. The molecule has 0 saturated carbocycles. The number of aliphatic hydroxyl groups is 1. The van der Waals surface area contributed by atoms with Gasteiger partial charge in [-0.3, -0.25) is 29.2 Å². The maximum atomic E-state index is 14.8. The number of piperazine rings is 1. The summed E-state index contributed by atoms with van der Waals surface area (Å²) >= 11 is 8.77. The minimum atomic E-state index is -4.55. The lowest BCUT2D eigenvalue weighted by atomic mass is 9.98. The molecule has 1 fully saturated rings. The average Bonchev–Trinajstić information content (AvgIpc) is 1.61. The van der Waals surface area contributed by atoms with Crippen molar-refractivity contribution in [1.29, 1.82) is 0 Å². The van der Waals surface area contributed by atoms with Gasteiger partial charge in [-0.25, -0.2) is 13.2 Å². The Morgan fingerprint density at radius 3 is 2.28 bits per heavy atom. The van der Waals surface area contributed by atoms with Gasteiger partial charge in [0.1, 0.15) is 58.8 Å². The number of hydrogen-bond donors (Lipinski definition) is 2. The predicted octanol–water partition coefficient (Wildman–Crippen LogP) is 9.05. The van der Waals surface area contributed by atoms with Gasteiger partial charge in [0.2, 0.25) is 10.0 Å². The highest BCUT2D eigenvalue weighted by Gasteiger charge is 2.33. The Hall–Kier alpha value is -8.24. The topological polar surface area (TPSA) is 261 Å². The molecule has 2 N–H and O–H groups in total. The van der Waals surface area contributed by atoms with Crippen molar-refractivity contribution in [2.24, 2.45) is 21.1 Å². The number of aryl methyl sites for hydroxylation is 4. The molecule has 5 heterocycles. The third-order valence-electron chi connectivity index (χ3n) is 15.3. The molecule has 1 saturated heterocycles. The number of nitrogens with zero attached hydrogens (tertiary/aromatic N) is 10. The van der Waals surface area contributed by atoms with Gasteiger partial charge in [-0.15, -0.1) is 11.8 Å².